The number of ether oxygens (including phenoxy) is 1. The molecule has 2 aromatic rings. The lowest BCUT2D eigenvalue weighted by Gasteiger charge is -2.43. The molecule has 4 rings (SSSR count). The minimum absolute atomic E-state index is 0.00494. The molecule has 1 unspecified atom stereocenters. The Kier molecular flexibility index (Phi) is 5.36. The van der Waals surface area contributed by atoms with Crippen LogP contribution in [-0.4, -0.2) is 11.4 Å². The number of carbonyl (C=O) groups is 1. The molecule has 1 fully saturated rings. The molecule has 0 bridgehead atoms. The van der Waals surface area contributed by atoms with Crippen molar-refractivity contribution in [1.82, 2.24) is 0 Å². The third-order valence-electron chi connectivity index (χ3n) is 6.27. The highest BCUT2D eigenvalue weighted by Crippen LogP contribution is 2.47. The van der Waals surface area contributed by atoms with Crippen LogP contribution < -0.4 is 4.74 Å². The van der Waals surface area contributed by atoms with E-state index in [-0.39, 0.29) is 17.3 Å². The van der Waals surface area contributed by atoms with Gasteiger partial charge in [0.25, 0.3) is 0 Å². The third-order valence-corrected chi connectivity index (χ3v) is 6.27. The molecule has 1 aliphatic heterocycles. The molecule has 29 heavy (non-hydrogen) atoms. The summed E-state index contributed by atoms with van der Waals surface area (Å²) >= 11 is 0. The van der Waals surface area contributed by atoms with Gasteiger partial charge in [-0.1, -0.05) is 31.0 Å². The summed E-state index contributed by atoms with van der Waals surface area (Å²) in [5.74, 6) is -1.73. The maximum Gasteiger partial charge on any atom is 0.173 e. The van der Waals surface area contributed by atoms with Gasteiger partial charge in [-0.25, -0.2) is 8.78 Å². The molecule has 1 spiro atoms. The zero-order valence-corrected chi connectivity index (χ0v) is 16.2. The number of carbonyl (C=O) groups excluding carboxylic acids is 1. The van der Waals surface area contributed by atoms with Crippen LogP contribution in [0.1, 0.15) is 61.7 Å². The molecule has 5 heteroatoms. The van der Waals surface area contributed by atoms with Gasteiger partial charge >= 0.3 is 0 Å². The van der Waals surface area contributed by atoms with Gasteiger partial charge in [-0.05, 0) is 55.9 Å². The van der Waals surface area contributed by atoms with Gasteiger partial charge < -0.3 is 4.74 Å². The molecule has 150 valence electrons. The first-order valence-corrected chi connectivity index (χ1v) is 10.2. The summed E-state index contributed by atoms with van der Waals surface area (Å²) in [4.78, 5) is 13.4. The molecular formula is C24H23F2NO2. The van der Waals surface area contributed by atoms with Crippen molar-refractivity contribution >= 4 is 5.78 Å². The van der Waals surface area contributed by atoms with Gasteiger partial charge in [-0.15, -0.1) is 0 Å². The van der Waals surface area contributed by atoms with Crippen molar-refractivity contribution in [2.24, 2.45) is 5.92 Å². The Hall–Kier alpha value is -2.74. The fourth-order valence-corrected chi connectivity index (χ4v) is 4.80. The van der Waals surface area contributed by atoms with Crippen molar-refractivity contribution in [3.63, 3.8) is 0 Å². The molecule has 1 saturated carbocycles. The van der Waals surface area contributed by atoms with Gasteiger partial charge in [0, 0.05) is 12.0 Å². The zero-order valence-electron chi connectivity index (χ0n) is 16.2. The Morgan fingerprint density at radius 3 is 2.55 bits per heavy atom. The predicted octanol–water partition coefficient (Wildman–Crippen LogP) is 6.22. The number of Topliss-reactive ketones (excluding diaryl/α,β-unsaturated/α-hetero) is 1. The number of benzene rings is 2. The fraction of sp³-hybridized carbons (Fsp3) is 0.417. The second-order valence-electron chi connectivity index (χ2n) is 8.01. The van der Waals surface area contributed by atoms with Crippen LogP contribution >= 0.6 is 0 Å². The number of hydrogen-bond donors (Lipinski definition) is 0. The summed E-state index contributed by atoms with van der Waals surface area (Å²) in [6.45, 7) is 0. The number of fused-ring (bicyclic) bond motifs is 1. The number of nitriles is 1. The van der Waals surface area contributed by atoms with E-state index in [1.165, 1.54) is 12.1 Å². The monoisotopic (exact) mass is 395 g/mol. The van der Waals surface area contributed by atoms with Crippen LogP contribution in [0.2, 0.25) is 0 Å². The fourth-order valence-electron chi connectivity index (χ4n) is 4.80. The molecule has 0 aromatic heterocycles. The van der Waals surface area contributed by atoms with Gasteiger partial charge in [0.2, 0.25) is 0 Å². The van der Waals surface area contributed by atoms with Crippen LogP contribution in [0.25, 0.3) is 11.1 Å². The molecule has 0 radical (unpaired) electrons. The highest BCUT2D eigenvalue weighted by molar-refractivity contribution is 6.02. The maximum absolute atomic E-state index is 14.3. The van der Waals surface area contributed by atoms with E-state index in [2.05, 4.69) is 6.07 Å². The van der Waals surface area contributed by atoms with E-state index in [9.17, 15) is 13.6 Å². The average molecular weight is 395 g/mol. The first-order valence-electron chi connectivity index (χ1n) is 10.2. The van der Waals surface area contributed by atoms with Gasteiger partial charge in [-0.2, -0.15) is 5.26 Å². The molecule has 1 aliphatic carbocycles. The van der Waals surface area contributed by atoms with Crippen LogP contribution in [-0.2, 0) is 0 Å². The molecule has 1 atom stereocenters. The first kappa shape index (κ1) is 19.6. The van der Waals surface area contributed by atoms with Gasteiger partial charge in [-0.3, -0.25) is 4.79 Å². The lowest BCUT2D eigenvalue weighted by atomic mass is 9.72. The van der Waals surface area contributed by atoms with Crippen molar-refractivity contribution in [3.05, 3.63) is 53.6 Å². The van der Waals surface area contributed by atoms with E-state index in [1.807, 2.05) is 0 Å². The van der Waals surface area contributed by atoms with E-state index in [1.54, 1.807) is 18.2 Å². The highest BCUT2D eigenvalue weighted by Gasteiger charge is 2.49. The topological polar surface area (TPSA) is 50.1 Å². The Labute approximate surface area is 169 Å². The quantitative estimate of drug-likeness (QED) is 0.620. The van der Waals surface area contributed by atoms with Crippen LogP contribution in [0.4, 0.5) is 8.78 Å². The van der Waals surface area contributed by atoms with Gasteiger partial charge in [0.05, 0.1) is 17.6 Å². The number of halogens is 2. The maximum atomic E-state index is 14.3. The van der Waals surface area contributed by atoms with Crippen molar-refractivity contribution in [2.45, 2.75) is 57.0 Å². The number of hydrogen-bond acceptors (Lipinski definition) is 3. The summed E-state index contributed by atoms with van der Waals surface area (Å²) in [7, 11) is 0. The van der Waals surface area contributed by atoms with E-state index in [0.717, 1.165) is 44.6 Å². The van der Waals surface area contributed by atoms with Gasteiger partial charge in [0.15, 0.2) is 17.4 Å². The van der Waals surface area contributed by atoms with Crippen LogP contribution in [0.15, 0.2) is 36.4 Å². The summed E-state index contributed by atoms with van der Waals surface area (Å²) in [5, 5.41) is 9.06. The second kappa shape index (κ2) is 7.94. The minimum Gasteiger partial charge on any atom is -0.486 e. The standard InChI is InChI=1S/C24H23F2NO2/c25-20-9-5-7-17(22(20)26)16-10-11-18-21(15-16)29-24(12-3-1-2-4-13-24)19(23(18)28)8-6-14-27/h5,7,9-11,15,19H,1-4,6,8,12-13H2. The summed E-state index contributed by atoms with van der Waals surface area (Å²) in [5.41, 5.74) is 0.470. The summed E-state index contributed by atoms with van der Waals surface area (Å²) in [6, 6.07) is 11.1. The molecule has 2 aliphatic rings. The molecular weight excluding hydrogens is 372 g/mol. The number of rotatable bonds is 3. The molecule has 0 N–H and O–H groups in total. The van der Waals surface area contributed by atoms with Crippen molar-refractivity contribution in [3.8, 4) is 22.9 Å². The molecule has 0 amide bonds. The Morgan fingerprint density at radius 1 is 1.07 bits per heavy atom. The van der Waals surface area contributed by atoms with Crippen LogP contribution in [0.3, 0.4) is 0 Å². The molecule has 3 nitrogen and oxygen atoms in total. The molecule has 1 heterocycles. The van der Waals surface area contributed by atoms with Crippen molar-refractivity contribution < 1.29 is 18.3 Å². The Morgan fingerprint density at radius 2 is 1.83 bits per heavy atom. The average Bonchev–Trinajstić information content (AvgIpc) is 2.95. The summed E-state index contributed by atoms with van der Waals surface area (Å²) in [6.07, 6.45) is 6.49. The smallest absolute Gasteiger partial charge is 0.173 e. The van der Waals surface area contributed by atoms with E-state index < -0.39 is 17.2 Å². The Balaban J connectivity index is 1.78. The highest BCUT2D eigenvalue weighted by atomic mass is 19.2. The van der Waals surface area contributed by atoms with E-state index in [4.69, 9.17) is 10.00 Å². The minimum atomic E-state index is -0.911. The second-order valence-corrected chi connectivity index (χ2v) is 8.01. The summed E-state index contributed by atoms with van der Waals surface area (Å²) < 4.78 is 34.5. The van der Waals surface area contributed by atoms with Crippen molar-refractivity contribution in [1.29, 1.82) is 5.26 Å². The van der Waals surface area contributed by atoms with Crippen molar-refractivity contribution in [2.75, 3.05) is 0 Å². The number of ketones is 1. The van der Waals surface area contributed by atoms with Crippen LogP contribution in [0, 0.1) is 28.9 Å². The van der Waals surface area contributed by atoms with Crippen LogP contribution in [0.5, 0.6) is 5.75 Å². The zero-order chi connectivity index (χ0) is 20.4. The lowest BCUT2D eigenvalue weighted by molar-refractivity contribution is -0.0128. The number of nitrogens with zero attached hydrogens (tertiary/aromatic N) is 1. The molecule has 2 aromatic carbocycles. The third kappa shape index (κ3) is 3.53. The predicted molar refractivity (Wildman–Crippen MR) is 106 cm³/mol. The van der Waals surface area contributed by atoms with E-state index in [0.29, 0.717) is 29.7 Å². The SMILES string of the molecule is N#CCCC1C(=O)c2ccc(-c3cccc(F)c3F)cc2OC12CCCCCC2. The lowest BCUT2D eigenvalue weighted by Crippen LogP contribution is -2.50. The normalized spacial score (nSPS) is 20.4. The largest absolute Gasteiger partial charge is 0.486 e. The van der Waals surface area contributed by atoms with Gasteiger partial charge in [0.1, 0.15) is 11.4 Å². The Bertz CT molecular complexity index is 971. The van der Waals surface area contributed by atoms with E-state index >= 15 is 0 Å². The molecule has 0 saturated heterocycles. The first-order chi connectivity index (χ1) is 14.1.